The van der Waals surface area contributed by atoms with E-state index in [4.69, 9.17) is 0 Å². The summed E-state index contributed by atoms with van der Waals surface area (Å²) < 4.78 is 0. The lowest BCUT2D eigenvalue weighted by atomic mass is 10.1. The molecule has 0 spiro atoms. The van der Waals surface area contributed by atoms with Crippen LogP contribution in [0.25, 0.3) is 0 Å². The van der Waals surface area contributed by atoms with E-state index in [1.807, 2.05) is 19.9 Å². The Morgan fingerprint density at radius 3 is 2.87 bits per heavy atom. The Labute approximate surface area is 94.9 Å². The lowest BCUT2D eigenvalue weighted by Crippen LogP contribution is -2.34. The number of carbonyl (C=O) groups is 1. The van der Waals surface area contributed by atoms with Gasteiger partial charge < -0.3 is 5.32 Å². The van der Waals surface area contributed by atoms with Gasteiger partial charge in [-0.15, -0.1) is 0 Å². The van der Waals surface area contributed by atoms with E-state index < -0.39 is 0 Å². The third kappa shape index (κ3) is 3.87. The molecule has 0 saturated heterocycles. The second-order valence-electron chi connectivity index (χ2n) is 3.62. The molecule has 0 saturated carbocycles. The van der Waals surface area contributed by atoms with Crippen molar-refractivity contribution in [2.45, 2.75) is 25.6 Å². The number of hydrogen-bond donors (Lipinski definition) is 2. The van der Waals surface area contributed by atoms with Crippen molar-refractivity contribution >= 4 is 18.5 Å². The van der Waals surface area contributed by atoms with Gasteiger partial charge in [-0.25, -0.2) is 0 Å². The summed E-state index contributed by atoms with van der Waals surface area (Å²) in [7, 11) is 0. The van der Waals surface area contributed by atoms with Crippen LogP contribution in [-0.2, 0) is 11.3 Å². The van der Waals surface area contributed by atoms with Crippen LogP contribution < -0.4 is 5.32 Å². The van der Waals surface area contributed by atoms with Crippen LogP contribution in [0.3, 0.4) is 0 Å². The molecule has 0 bridgehead atoms. The Bertz CT molecular complexity index is 316. The van der Waals surface area contributed by atoms with E-state index in [9.17, 15) is 4.79 Å². The Hall–Kier alpha value is -1.10. The summed E-state index contributed by atoms with van der Waals surface area (Å²) in [5, 5.41) is 10.1. The molecule has 1 amide bonds. The number of rotatable bonds is 4. The van der Waals surface area contributed by atoms with Gasteiger partial charge in [-0.2, -0.15) is 22.8 Å². The van der Waals surface area contributed by atoms with Gasteiger partial charge >= 0.3 is 0 Å². The van der Waals surface area contributed by atoms with Gasteiger partial charge in [0.15, 0.2) is 0 Å². The van der Waals surface area contributed by atoms with Crippen molar-refractivity contribution in [1.29, 1.82) is 0 Å². The molecule has 0 fully saturated rings. The highest BCUT2D eigenvalue weighted by Crippen LogP contribution is 2.08. The molecule has 0 aromatic carbocycles. The molecule has 1 N–H and O–H groups in total. The minimum atomic E-state index is -0.276. The minimum Gasteiger partial charge on any atom is -0.349 e. The van der Waals surface area contributed by atoms with Gasteiger partial charge in [0.25, 0.3) is 0 Å². The fraction of sp³-hybridized carbons (Fsp3) is 0.500. The number of thiol groups is 1. The zero-order valence-corrected chi connectivity index (χ0v) is 9.74. The lowest BCUT2D eigenvalue weighted by molar-refractivity contribution is -0.121. The van der Waals surface area contributed by atoms with Crippen molar-refractivity contribution in [1.82, 2.24) is 15.5 Å². The summed E-state index contributed by atoms with van der Waals surface area (Å²) in [6.07, 6.45) is 1.60. The Morgan fingerprint density at radius 2 is 2.33 bits per heavy atom. The van der Waals surface area contributed by atoms with E-state index in [1.165, 1.54) is 0 Å². The average Bonchev–Trinajstić information content (AvgIpc) is 2.26. The van der Waals surface area contributed by atoms with Crippen molar-refractivity contribution < 1.29 is 4.79 Å². The maximum absolute atomic E-state index is 11.5. The number of hydrogen-bond acceptors (Lipinski definition) is 4. The van der Waals surface area contributed by atoms with Crippen LogP contribution >= 0.6 is 12.6 Å². The molecule has 82 valence electrons. The summed E-state index contributed by atoms with van der Waals surface area (Å²) in [6.45, 7) is 4.32. The Morgan fingerprint density at radius 1 is 1.60 bits per heavy atom. The lowest BCUT2D eigenvalue weighted by Gasteiger charge is -2.13. The van der Waals surface area contributed by atoms with Crippen LogP contribution in [0, 0.1) is 5.92 Å². The molecule has 0 radical (unpaired) electrons. The Balaban J connectivity index is 2.41. The van der Waals surface area contributed by atoms with Gasteiger partial charge in [-0.05, 0) is 18.1 Å². The summed E-state index contributed by atoms with van der Waals surface area (Å²) >= 11 is 4.22. The maximum atomic E-state index is 11.5. The molecular formula is C10H15N3OS. The first kappa shape index (κ1) is 12.0. The molecule has 15 heavy (non-hydrogen) atoms. The van der Waals surface area contributed by atoms with E-state index in [2.05, 4.69) is 28.1 Å². The molecule has 0 aliphatic rings. The van der Waals surface area contributed by atoms with E-state index in [-0.39, 0.29) is 17.1 Å². The highest BCUT2D eigenvalue weighted by atomic mass is 32.1. The highest BCUT2D eigenvalue weighted by molar-refractivity contribution is 7.81. The predicted molar refractivity (Wildman–Crippen MR) is 61.5 cm³/mol. The van der Waals surface area contributed by atoms with Gasteiger partial charge in [-0.3, -0.25) is 4.79 Å². The molecule has 1 aromatic rings. The average molecular weight is 225 g/mol. The van der Waals surface area contributed by atoms with E-state index in [0.29, 0.717) is 6.54 Å². The standard InChI is InChI=1S/C10H15N3OS/c1-7(2)9(15)10(14)11-6-8-4-3-5-12-13-8/h3-5,7,9,15H,6H2,1-2H3,(H,11,14). The summed E-state index contributed by atoms with van der Waals surface area (Å²) in [5.74, 6) is 0.147. The van der Waals surface area contributed by atoms with Crippen molar-refractivity contribution in [3.05, 3.63) is 24.0 Å². The molecule has 0 aliphatic carbocycles. The quantitative estimate of drug-likeness (QED) is 0.753. The van der Waals surface area contributed by atoms with Crippen LogP contribution in [0.5, 0.6) is 0 Å². The van der Waals surface area contributed by atoms with Crippen LogP contribution in [-0.4, -0.2) is 21.4 Å². The fourth-order valence-corrected chi connectivity index (χ4v) is 1.10. The number of nitrogens with zero attached hydrogens (tertiary/aromatic N) is 2. The molecule has 1 aromatic heterocycles. The third-order valence-corrected chi connectivity index (χ3v) is 2.80. The topological polar surface area (TPSA) is 54.9 Å². The van der Waals surface area contributed by atoms with Gasteiger partial charge in [0, 0.05) is 6.20 Å². The summed E-state index contributed by atoms with van der Waals surface area (Å²) in [6, 6.07) is 3.60. The van der Waals surface area contributed by atoms with Gasteiger partial charge in [-0.1, -0.05) is 13.8 Å². The molecular weight excluding hydrogens is 210 g/mol. The van der Waals surface area contributed by atoms with Crippen molar-refractivity contribution in [3.63, 3.8) is 0 Å². The van der Waals surface area contributed by atoms with Crippen molar-refractivity contribution in [2.75, 3.05) is 0 Å². The first-order valence-corrected chi connectivity index (χ1v) is 5.35. The number of aromatic nitrogens is 2. The minimum absolute atomic E-state index is 0.0704. The van der Waals surface area contributed by atoms with Crippen LogP contribution in [0.1, 0.15) is 19.5 Å². The van der Waals surface area contributed by atoms with Crippen LogP contribution in [0.15, 0.2) is 18.3 Å². The molecule has 1 rings (SSSR count). The maximum Gasteiger partial charge on any atom is 0.233 e. The molecule has 1 atom stereocenters. The van der Waals surface area contributed by atoms with Crippen LogP contribution in [0.4, 0.5) is 0 Å². The largest absolute Gasteiger partial charge is 0.349 e. The number of amides is 1. The van der Waals surface area contributed by atoms with E-state index in [0.717, 1.165) is 5.69 Å². The van der Waals surface area contributed by atoms with E-state index in [1.54, 1.807) is 12.3 Å². The molecule has 1 heterocycles. The first-order valence-electron chi connectivity index (χ1n) is 4.83. The zero-order valence-electron chi connectivity index (χ0n) is 8.84. The SMILES string of the molecule is CC(C)C(S)C(=O)NCc1cccnn1. The fourth-order valence-electron chi connectivity index (χ4n) is 1.01. The predicted octanol–water partition coefficient (Wildman–Crippen LogP) is 1.05. The van der Waals surface area contributed by atoms with Gasteiger partial charge in [0.1, 0.15) is 0 Å². The molecule has 4 nitrogen and oxygen atoms in total. The van der Waals surface area contributed by atoms with E-state index >= 15 is 0 Å². The van der Waals surface area contributed by atoms with Gasteiger partial charge in [0.05, 0.1) is 17.5 Å². The zero-order chi connectivity index (χ0) is 11.3. The Kier molecular flexibility index (Phi) is 4.55. The first-order chi connectivity index (χ1) is 7.11. The smallest absolute Gasteiger partial charge is 0.233 e. The molecule has 0 aliphatic heterocycles. The summed E-state index contributed by atoms with van der Waals surface area (Å²) in [4.78, 5) is 11.5. The van der Waals surface area contributed by atoms with Crippen molar-refractivity contribution in [2.24, 2.45) is 5.92 Å². The monoisotopic (exact) mass is 225 g/mol. The second-order valence-corrected chi connectivity index (χ2v) is 4.18. The van der Waals surface area contributed by atoms with Crippen molar-refractivity contribution in [3.8, 4) is 0 Å². The number of nitrogens with one attached hydrogen (secondary N) is 1. The van der Waals surface area contributed by atoms with Crippen LogP contribution in [0.2, 0.25) is 0 Å². The second kappa shape index (κ2) is 5.70. The number of carbonyl (C=O) groups excluding carboxylic acids is 1. The van der Waals surface area contributed by atoms with Gasteiger partial charge in [0.2, 0.25) is 5.91 Å². The molecule has 1 unspecified atom stereocenters. The molecule has 5 heteroatoms. The normalized spacial score (nSPS) is 12.5. The highest BCUT2D eigenvalue weighted by Gasteiger charge is 2.16. The summed E-state index contributed by atoms with van der Waals surface area (Å²) in [5.41, 5.74) is 0.745. The third-order valence-electron chi connectivity index (χ3n) is 1.97.